The molecule has 0 spiro atoms. The van der Waals surface area contributed by atoms with E-state index in [0.717, 1.165) is 17.8 Å². The van der Waals surface area contributed by atoms with Crippen LogP contribution >= 0.6 is 11.6 Å². The van der Waals surface area contributed by atoms with Crippen molar-refractivity contribution < 1.29 is 4.79 Å². The van der Waals surface area contributed by atoms with Gasteiger partial charge in [-0.25, -0.2) is 0 Å². The molecule has 1 aliphatic rings. The summed E-state index contributed by atoms with van der Waals surface area (Å²) in [7, 11) is 0. The third kappa shape index (κ3) is 1.98. The van der Waals surface area contributed by atoms with E-state index in [1.54, 1.807) is 0 Å². The van der Waals surface area contributed by atoms with Crippen LogP contribution in [0.5, 0.6) is 0 Å². The highest BCUT2D eigenvalue weighted by Gasteiger charge is 2.29. The molecule has 0 aromatic heterocycles. The molecule has 2 rings (SSSR count). The lowest BCUT2D eigenvalue weighted by Gasteiger charge is -2.18. The van der Waals surface area contributed by atoms with Crippen molar-refractivity contribution in [1.29, 1.82) is 0 Å². The van der Waals surface area contributed by atoms with E-state index < -0.39 is 0 Å². The van der Waals surface area contributed by atoms with E-state index in [2.05, 4.69) is 6.58 Å². The number of benzene rings is 1. The molecule has 0 aliphatic carbocycles. The molecule has 1 aromatic carbocycles. The highest BCUT2D eigenvalue weighted by atomic mass is 35.5. The van der Waals surface area contributed by atoms with Crippen molar-refractivity contribution in [3.8, 4) is 0 Å². The van der Waals surface area contributed by atoms with Crippen LogP contribution in [-0.2, 0) is 4.79 Å². The van der Waals surface area contributed by atoms with Crippen LogP contribution in [0.1, 0.15) is 12.0 Å². The molecule has 1 aromatic rings. The van der Waals surface area contributed by atoms with Gasteiger partial charge >= 0.3 is 0 Å². The van der Waals surface area contributed by atoms with Crippen molar-refractivity contribution in [1.82, 2.24) is 0 Å². The van der Waals surface area contributed by atoms with Crippen LogP contribution in [0.3, 0.4) is 0 Å². The first-order valence-electron chi connectivity index (χ1n) is 5.31. The quantitative estimate of drug-likeness (QED) is 0.721. The van der Waals surface area contributed by atoms with Crippen molar-refractivity contribution in [2.24, 2.45) is 5.92 Å². The molecule has 1 aliphatic heterocycles. The van der Waals surface area contributed by atoms with Crippen molar-refractivity contribution in [2.45, 2.75) is 13.3 Å². The number of rotatable bonds is 2. The Morgan fingerprint density at radius 3 is 2.88 bits per heavy atom. The highest BCUT2D eigenvalue weighted by molar-refractivity contribution is 6.30. The van der Waals surface area contributed by atoms with E-state index in [1.807, 2.05) is 36.1 Å². The number of aryl methyl sites for hydroxylation is 1. The van der Waals surface area contributed by atoms with Crippen molar-refractivity contribution in [3.05, 3.63) is 41.4 Å². The van der Waals surface area contributed by atoms with Gasteiger partial charge in [-0.1, -0.05) is 17.7 Å². The zero-order valence-corrected chi connectivity index (χ0v) is 10.00. The molecule has 0 bridgehead atoms. The Labute approximate surface area is 101 Å². The molecule has 16 heavy (non-hydrogen) atoms. The maximum Gasteiger partial charge on any atom is 0.227 e. The number of amides is 1. The fraction of sp³-hybridized carbons (Fsp3) is 0.308. The van der Waals surface area contributed by atoms with E-state index in [0.29, 0.717) is 11.4 Å². The second-order valence-corrected chi connectivity index (χ2v) is 4.57. The maximum atomic E-state index is 11.8. The second kappa shape index (κ2) is 4.30. The lowest BCUT2D eigenvalue weighted by molar-refractivity contribution is -0.117. The Hall–Kier alpha value is -1.28. The Kier molecular flexibility index (Phi) is 3.01. The summed E-state index contributed by atoms with van der Waals surface area (Å²) in [6, 6.07) is 5.60. The third-order valence-electron chi connectivity index (χ3n) is 2.94. The van der Waals surface area contributed by atoms with Gasteiger partial charge in [0.25, 0.3) is 0 Å². The molecular weight excluding hydrogens is 222 g/mol. The molecule has 1 unspecified atom stereocenters. The first kappa shape index (κ1) is 11.2. The van der Waals surface area contributed by atoms with Gasteiger partial charge in [-0.3, -0.25) is 4.79 Å². The fourth-order valence-electron chi connectivity index (χ4n) is 2.05. The third-order valence-corrected chi connectivity index (χ3v) is 3.17. The molecule has 1 heterocycles. The zero-order chi connectivity index (χ0) is 11.7. The lowest BCUT2D eigenvalue weighted by atomic mass is 10.1. The van der Waals surface area contributed by atoms with Gasteiger partial charge in [-0.15, -0.1) is 6.58 Å². The number of carbonyl (C=O) groups excluding carboxylic acids is 1. The summed E-state index contributed by atoms with van der Waals surface area (Å²) in [6.45, 7) is 6.44. The number of hydrogen-bond donors (Lipinski definition) is 0. The van der Waals surface area contributed by atoms with Gasteiger partial charge in [-0.05, 0) is 30.7 Å². The predicted octanol–water partition coefficient (Wildman–Crippen LogP) is 3.19. The molecule has 2 nitrogen and oxygen atoms in total. The summed E-state index contributed by atoms with van der Waals surface area (Å²) >= 11 is 5.90. The first-order chi connectivity index (χ1) is 7.61. The number of nitrogens with zero attached hydrogens (tertiary/aromatic N) is 1. The zero-order valence-electron chi connectivity index (χ0n) is 9.24. The van der Waals surface area contributed by atoms with Gasteiger partial charge in [-0.2, -0.15) is 0 Å². The van der Waals surface area contributed by atoms with Gasteiger partial charge < -0.3 is 4.90 Å². The van der Waals surface area contributed by atoms with Crippen LogP contribution in [0.25, 0.3) is 0 Å². The van der Waals surface area contributed by atoms with E-state index in [1.165, 1.54) is 0 Å². The van der Waals surface area contributed by atoms with Crippen LogP contribution in [0.2, 0.25) is 5.02 Å². The first-order valence-corrected chi connectivity index (χ1v) is 5.68. The topological polar surface area (TPSA) is 20.3 Å². The Bertz CT molecular complexity index is 442. The SMILES string of the molecule is C=CC1CC(=O)N(c2ccc(Cl)cc2C)C1. The van der Waals surface area contributed by atoms with Crippen LogP contribution in [0.4, 0.5) is 5.69 Å². The monoisotopic (exact) mass is 235 g/mol. The Morgan fingerprint density at radius 2 is 2.31 bits per heavy atom. The summed E-state index contributed by atoms with van der Waals surface area (Å²) in [6.07, 6.45) is 2.41. The molecule has 0 N–H and O–H groups in total. The minimum atomic E-state index is 0.162. The minimum Gasteiger partial charge on any atom is -0.312 e. The van der Waals surface area contributed by atoms with Crippen LogP contribution in [0.15, 0.2) is 30.9 Å². The minimum absolute atomic E-state index is 0.162. The maximum absolute atomic E-state index is 11.8. The van der Waals surface area contributed by atoms with E-state index in [9.17, 15) is 4.79 Å². The fourth-order valence-corrected chi connectivity index (χ4v) is 2.27. The summed E-state index contributed by atoms with van der Waals surface area (Å²) in [5, 5.41) is 0.702. The van der Waals surface area contributed by atoms with Gasteiger partial charge in [0.1, 0.15) is 0 Å². The predicted molar refractivity (Wildman–Crippen MR) is 66.8 cm³/mol. The lowest BCUT2D eigenvalue weighted by Crippen LogP contribution is -2.25. The van der Waals surface area contributed by atoms with Gasteiger partial charge in [0.15, 0.2) is 0 Å². The normalized spacial score (nSPS) is 20.2. The average Bonchev–Trinajstić information content (AvgIpc) is 2.60. The largest absolute Gasteiger partial charge is 0.312 e. The number of halogens is 1. The van der Waals surface area contributed by atoms with Crippen LogP contribution in [-0.4, -0.2) is 12.5 Å². The number of carbonyl (C=O) groups is 1. The standard InChI is InChI=1S/C13H14ClNO/c1-3-10-7-13(16)15(8-10)12-5-4-11(14)6-9(12)2/h3-6,10H,1,7-8H2,2H3. The average molecular weight is 236 g/mol. The number of anilines is 1. The molecule has 84 valence electrons. The molecule has 1 amide bonds. The molecule has 1 saturated heterocycles. The van der Waals surface area contributed by atoms with E-state index in [4.69, 9.17) is 11.6 Å². The summed E-state index contributed by atoms with van der Waals surface area (Å²) in [5.41, 5.74) is 1.99. The Balaban J connectivity index is 2.31. The van der Waals surface area contributed by atoms with E-state index in [-0.39, 0.29) is 11.8 Å². The smallest absolute Gasteiger partial charge is 0.227 e. The van der Waals surface area contributed by atoms with Crippen molar-refractivity contribution in [2.75, 3.05) is 11.4 Å². The van der Waals surface area contributed by atoms with E-state index >= 15 is 0 Å². The highest BCUT2D eigenvalue weighted by Crippen LogP contribution is 2.29. The van der Waals surface area contributed by atoms with Crippen molar-refractivity contribution >= 4 is 23.2 Å². The summed E-state index contributed by atoms with van der Waals surface area (Å²) in [5.74, 6) is 0.429. The van der Waals surface area contributed by atoms with Gasteiger partial charge in [0.05, 0.1) is 0 Å². The summed E-state index contributed by atoms with van der Waals surface area (Å²) in [4.78, 5) is 13.6. The van der Waals surface area contributed by atoms with Gasteiger partial charge in [0.2, 0.25) is 5.91 Å². The van der Waals surface area contributed by atoms with Crippen LogP contribution in [0, 0.1) is 12.8 Å². The van der Waals surface area contributed by atoms with Crippen molar-refractivity contribution in [3.63, 3.8) is 0 Å². The van der Waals surface area contributed by atoms with Crippen LogP contribution < -0.4 is 4.90 Å². The number of hydrogen-bond acceptors (Lipinski definition) is 1. The molecule has 1 fully saturated rings. The molecule has 3 heteroatoms. The molecule has 0 saturated carbocycles. The Morgan fingerprint density at radius 1 is 1.56 bits per heavy atom. The molecular formula is C13H14ClNO. The second-order valence-electron chi connectivity index (χ2n) is 4.14. The summed E-state index contributed by atoms with van der Waals surface area (Å²) < 4.78 is 0. The molecule has 1 atom stereocenters. The van der Waals surface area contributed by atoms with Gasteiger partial charge in [0, 0.05) is 29.6 Å². The molecule has 0 radical (unpaired) electrons.